The van der Waals surface area contributed by atoms with E-state index < -0.39 is 0 Å². The van der Waals surface area contributed by atoms with Crippen molar-refractivity contribution in [2.75, 3.05) is 39.8 Å². The lowest BCUT2D eigenvalue weighted by molar-refractivity contribution is 0.152. The van der Waals surface area contributed by atoms with Crippen molar-refractivity contribution >= 4 is 0 Å². The van der Waals surface area contributed by atoms with Crippen molar-refractivity contribution in [1.29, 1.82) is 0 Å². The summed E-state index contributed by atoms with van der Waals surface area (Å²) in [7, 11) is 2.26. The maximum Gasteiger partial charge on any atom is 0.00940 e. The monoisotopic (exact) mass is 253 g/mol. The van der Waals surface area contributed by atoms with Gasteiger partial charge in [-0.1, -0.05) is 6.92 Å². The lowest BCUT2D eigenvalue weighted by Crippen LogP contribution is -2.50. The summed E-state index contributed by atoms with van der Waals surface area (Å²) >= 11 is 0. The largest absolute Gasteiger partial charge is 0.311 e. The van der Waals surface area contributed by atoms with Gasteiger partial charge in [-0.15, -0.1) is 0 Å². The second-order valence-electron chi connectivity index (χ2n) is 6.33. The number of likely N-dealkylation sites (tertiary alicyclic amines) is 2. The Kier molecular flexibility index (Phi) is 5.46. The highest BCUT2D eigenvalue weighted by Crippen LogP contribution is 2.20. The molecule has 2 unspecified atom stereocenters. The molecule has 2 atom stereocenters. The highest BCUT2D eigenvalue weighted by Gasteiger charge is 2.26. The minimum atomic E-state index is 0.686. The summed E-state index contributed by atoms with van der Waals surface area (Å²) in [4.78, 5) is 5.06. The Morgan fingerprint density at radius 3 is 2.50 bits per heavy atom. The summed E-state index contributed by atoms with van der Waals surface area (Å²) in [6, 6.07) is 1.45. The average Bonchev–Trinajstić information content (AvgIpc) is 2.39. The number of hydrogen-bond acceptors (Lipinski definition) is 3. The predicted octanol–water partition coefficient (Wildman–Crippen LogP) is 1.79. The Morgan fingerprint density at radius 1 is 1.17 bits per heavy atom. The third kappa shape index (κ3) is 3.94. The summed E-state index contributed by atoms with van der Waals surface area (Å²) in [6.07, 6.45) is 5.45. The van der Waals surface area contributed by atoms with Gasteiger partial charge in [0.15, 0.2) is 0 Å². The molecule has 0 amide bonds. The molecule has 2 fully saturated rings. The Hall–Kier alpha value is -0.120. The van der Waals surface area contributed by atoms with Crippen molar-refractivity contribution < 1.29 is 0 Å². The fourth-order valence-electron chi connectivity index (χ4n) is 3.54. The molecule has 0 aromatic rings. The first-order valence-corrected chi connectivity index (χ1v) is 7.86. The highest BCUT2D eigenvalue weighted by atomic mass is 15.1. The molecular weight excluding hydrogens is 222 g/mol. The molecule has 0 aromatic heterocycles. The first kappa shape index (κ1) is 14.3. The normalized spacial score (nSPS) is 30.5. The molecule has 0 aliphatic carbocycles. The maximum atomic E-state index is 3.90. The Bertz CT molecular complexity index is 236. The van der Waals surface area contributed by atoms with Gasteiger partial charge in [0.2, 0.25) is 0 Å². The molecule has 0 bridgehead atoms. The van der Waals surface area contributed by atoms with Gasteiger partial charge in [-0.2, -0.15) is 0 Å². The number of nitrogens with one attached hydrogen (secondary N) is 1. The summed E-state index contributed by atoms with van der Waals surface area (Å²) in [5.41, 5.74) is 0. The molecule has 18 heavy (non-hydrogen) atoms. The second-order valence-corrected chi connectivity index (χ2v) is 6.33. The van der Waals surface area contributed by atoms with Gasteiger partial charge in [0.1, 0.15) is 0 Å². The van der Waals surface area contributed by atoms with Gasteiger partial charge < -0.3 is 15.1 Å². The van der Waals surface area contributed by atoms with Crippen LogP contribution in [0, 0.1) is 5.92 Å². The molecule has 0 saturated carbocycles. The van der Waals surface area contributed by atoms with Crippen LogP contribution in [0.4, 0.5) is 0 Å². The van der Waals surface area contributed by atoms with E-state index in [2.05, 4.69) is 36.0 Å². The molecule has 106 valence electrons. The zero-order chi connectivity index (χ0) is 13.0. The van der Waals surface area contributed by atoms with Gasteiger partial charge in [0.25, 0.3) is 0 Å². The van der Waals surface area contributed by atoms with Crippen LogP contribution in [0.5, 0.6) is 0 Å². The van der Waals surface area contributed by atoms with E-state index in [0.29, 0.717) is 6.04 Å². The van der Waals surface area contributed by atoms with Crippen molar-refractivity contribution in [3.05, 3.63) is 0 Å². The molecule has 2 aliphatic rings. The zero-order valence-corrected chi connectivity index (χ0v) is 12.5. The first-order chi connectivity index (χ1) is 8.69. The quantitative estimate of drug-likeness (QED) is 0.824. The van der Waals surface area contributed by atoms with Gasteiger partial charge >= 0.3 is 0 Å². The maximum absolute atomic E-state index is 3.90. The molecule has 3 heteroatoms. The molecular formula is C15H31N3. The lowest BCUT2D eigenvalue weighted by atomic mass is 9.90. The van der Waals surface area contributed by atoms with E-state index in [4.69, 9.17) is 0 Å². The van der Waals surface area contributed by atoms with Crippen LogP contribution >= 0.6 is 0 Å². The summed E-state index contributed by atoms with van der Waals surface area (Å²) < 4.78 is 0. The predicted molar refractivity (Wildman–Crippen MR) is 78.0 cm³/mol. The van der Waals surface area contributed by atoms with Crippen LogP contribution in [0.3, 0.4) is 0 Å². The van der Waals surface area contributed by atoms with Gasteiger partial charge in [-0.3, -0.25) is 0 Å². The van der Waals surface area contributed by atoms with Crippen molar-refractivity contribution in [2.24, 2.45) is 5.92 Å². The zero-order valence-electron chi connectivity index (χ0n) is 12.5. The van der Waals surface area contributed by atoms with Crippen LogP contribution in [0.25, 0.3) is 0 Å². The SMILES string of the molecule is CCN1CCC(NC(C)C2CCCN(C)C2)CC1. The molecule has 2 heterocycles. The van der Waals surface area contributed by atoms with E-state index in [1.807, 2.05) is 0 Å². The summed E-state index contributed by atoms with van der Waals surface area (Å²) in [6.45, 7) is 11.0. The Balaban J connectivity index is 1.72. The Labute approximate surface area is 113 Å². The van der Waals surface area contributed by atoms with Crippen molar-refractivity contribution in [3.63, 3.8) is 0 Å². The van der Waals surface area contributed by atoms with Crippen LogP contribution < -0.4 is 5.32 Å². The van der Waals surface area contributed by atoms with Crippen LogP contribution in [0.15, 0.2) is 0 Å². The van der Waals surface area contributed by atoms with E-state index in [-0.39, 0.29) is 0 Å². The third-order valence-electron chi connectivity index (χ3n) is 4.90. The minimum absolute atomic E-state index is 0.686. The topological polar surface area (TPSA) is 18.5 Å². The van der Waals surface area contributed by atoms with Gasteiger partial charge in [-0.25, -0.2) is 0 Å². The molecule has 0 aromatic carbocycles. The molecule has 3 nitrogen and oxygen atoms in total. The van der Waals surface area contributed by atoms with Crippen LogP contribution in [0.2, 0.25) is 0 Å². The molecule has 1 N–H and O–H groups in total. The number of hydrogen-bond donors (Lipinski definition) is 1. The van der Waals surface area contributed by atoms with E-state index in [0.717, 1.165) is 12.0 Å². The summed E-state index contributed by atoms with van der Waals surface area (Å²) in [5, 5.41) is 3.90. The lowest BCUT2D eigenvalue weighted by Gasteiger charge is -2.38. The molecule has 0 spiro atoms. The fourth-order valence-corrected chi connectivity index (χ4v) is 3.54. The third-order valence-corrected chi connectivity index (χ3v) is 4.90. The average molecular weight is 253 g/mol. The molecule has 2 rings (SSSR count). The summed E-state index contributed by atoms with van der Waals surface area (Å²) in [5.74, 6) is 0.855. The number of piperidine rings is 2. The molecule has 2 saturated heterocycles. The Morgan fingerprint density at radius 2 is 1.89 bits per heavy atom. The van der Waals surface area contributed by atoms with Crippen LogP contribution in [-0.2, 0) is 0 Å². The van der Waals surface area contributed by atoms with Crippen LogP contribution in [-0.4, -0.2) is 61.7 Å². The van der Waals surface area contributed by atoms with E-state index in [9.17, 15) is 0 Å². The van der Waals surface area contributed by atoms with E-state index in [1.165, 1.54) is 58.4 Å². The first-order valence-electron chi connectivity index (χ1n) is 7.86. The number of rotatable bonds is 4. The van der Waals surface area contributed by atoms with Gasteiger partial charge in [0, 0.05) is 18.6 Å². The van der Waals surface area contributed by atoms with Crippen molar-refractivity contribution in [3.8, 4) is 0 Å². The standard InChI is InChI=1S/C15H31N3/c1-4-18-10-7-15(8-11-18)16-13(2)14-6-5-9-17(3)12-14/h13-16H,4-12H2,1-3H3. The minimum Gasteiger partial charge on any atom is -0.311 e. The smallest absolute Gasteiger partial charge is 0.00940 e. The highest BCUT2D eigenvalue weighted by molar-refractivity contribution is 4.84. The molecule has 2 aliphatic heterocycles. The molecule has 0 radical (unpaired) electrons. The second kappa shape index (κ2) is 6.88. The fraction of sp³-hybridized carbons (Fsp3) is 1.00. The van der Waals surface area contributed by atoms with Crippen molar-refractivity contribution in [2.45, 2.75) is 51.6 Å². The van der Waals surface area contributed by atoms with Gasteiger partial charge in [0.05, 0.1) is 0 Å². The van der Waals surface area contributed by atoms with Crippen molar-refractivity contribution in [1.82, 2.24) is 15.1 Å². The van der Waals surface area contributed by atoms with E-state index in [1.54, 1.807) is 0 Å². The van der Waals surface area contributed by atoms with Crippen LogP contribution in [0.1, 0.15) is 39.5 Å². The number of nitrogens with zero attached hydrogens (tertiary/aromatic N) is 2. The van der Waals surface area contributed by atoms with Gasteiger partial charge in [-0.05, 0) is 71.8 Å². The van der Waals surface area contributed by atoms with E-state index >= 15 is 0 Å².